The van der Waals surface area contributed by atoms with E-state index in [1.54, 1.807) is 6.92 Å². The number of sulfone groups is 1. The van der Waals surface area contributed by atoms with Gasteiger partial charge in [-0.3, -0.25) is 0 Å². The van der Waals surface area contributed by atoms with E-state index in [0.717, 1.165) is 0 Å². The van der Waals surface area contributed by atoms with Crippen molar-refractivity contribution in [3.8, 4) is 0 Å². The van der Waals surface area contributed by atoms with Gasteiger partial charge in [0.2, 0.25) is 10.0 Å². The molecule has 1 unspecified atom stereocenters. The summed E-state index contributed by atoms with van der Waals surface area (Å²) in [4.78, 5) is -0.0215. The number of rotatable bonds is 3. The van der Waals surface area contributed by atoms with E-state index in [-0.39, 0.29) is 33.5 Å². The van der Waals surface area contributed by atoms with E-state index in [9.17, 15) is 16.8 Å². The molecule has 2 rings (SSSR count). The zero-order valence-corrected chi connectivity index (χ0v) is 13.1. The number of anilines is 1. The van der Waals surface area contributed by atoms with Crippen LogP contribution in [0.4, 0.5) is 5.69 Å². The molecule has 1 heterocycles. The first kappa shape index (κ1) is 15.6. The lowest BCUT2D eigenvalue weighted by Gasteiger charge is -2.14. The Hall–Kier alpha value is -0.830. The topological polar surface area (TPSA) is 106 Å². The Balaban J connectivity index is 2.32. The first-order valence-corrected chi connectivity index (χ1v) is 9.57. The molecule has 0 aromatic heterocycles. The highest BCUT2D eigenvalue weighted by molar-refractivity contribution is 7.92. The highest BCUT2D eigenvalue weighted by Gasteiger charge is 2.32. The van der Waals surface area contributed by atoms with Gasteiger partial charge in [-0.15, -0.1) is 0 Å². The van der Waals surface area contributed by atoms with Crippen LogP contribution in [-0.4, -0.2) is 34.4 Å². The molecule has 6 nitrogen and oxygen atoms in total. The van der Waals surface area contributed by atoms with Gasteiger partial charge in [0.05, 0.1) is 16.4 Å². The highest BCUT2D eigenvalue weighted by Crippen LogP contribution is 2.26. The summed E-state index contributed by atoms with van der Waals surface area (Å²) in [7, 11) is -7.00. The molecule has 1 aromatic carbocycles. The maximum atomic E-state index is 12.3. The van der Waals surface area contributed by atoms with Gasteiger partial charge in [0, 0.05) is 16.8 Å². The fourth-order valence-electron chi connectivity index (χ4n) is 2.12. The number of sulfonamides is 1. The van der Waals surface area contributed by atoms with E-state index in [1.807, 2.05) is 0 Å². The van der Waals surface area contributed by atoms with Crippen molar-refractivity contribution in [2.75, 3.05) is 17.2 Å². The van der Waals surface area contributed by atoms with Gasteiger partial charge in [0.1, 0.15) is 0 Å². The summed E-state index contributed by atoms with van der Waals surface area (Å²) in [5, 5.41) is 0.215. The molecule has 1 aliphatic heterocycles. The molecule has 0 bridgehead atoms. The Morgan fingerprint density at radius 1 is 1.40 bits per heavy atom. The summed E-state index contributed by atoms with van der Waals surface area (Å²) in [6.07, 6.45) is 0.274. The molecule has 1 aliphatic rings. The molecule has 1 atom stereocenters. The largest absolute Gasteiger partial charge is 0.398 e. The number of nitrogen functional groups attached to an aromatic ring is 1. The molecule has 112 valence electrons. The van der Waals surface area contributed by atoms with Crippen LogP contribution in [0.5, 0.6) is 0 Å². The minimum absolute atomic E-state index is 0.00312. The van der Waals surface area contributed by atoms with E-state index in [0.29, 0.717) is 5.56 Å². The minimum Gasteiger partial charge on any atom is -0.398 e. The van der Waals surface area contributed by atoms with Gasteiger partial charge in [-0.2, -0.15) is 0 Å². The average molecular weight is 339 g/mol. The molecule has 0 radical (unpaired) electrons. The maximum Gasteiger partial charge on any atom is 0.241 e. The van der Waals surface area contributed by atoms with Crippen LogP contribution in [0.3, 0.4) is 0 Å². The molecular formula is C11H15ClN2O4S2. The molecule has 3 N–H and O–H groups in total. The average Bonchev–Trinajstić information content (AvgIpc) is 2.62. The minimum atomic E-state index is -3.85. The summed E-state index contributed by atoms with van der Waals surface area (Å²) < 4.78 is 49.7. The SMILES string of the molecule is Cc1c(N)cc(Cl)cc1S(=O)(=O)NC1CCS(=O)(=O)C1. The van der Waals surface area contributed by atoms with Crippen LogP contribution in [0.15, 0.2) is 17.0 Å². The van der Waals surface area contributed by atoms with Crippen LogP contribution in [0, 0.1) is 6.92 Å². The number of halogens is 1. The molecule has 1 aromatic rings. The van der Waals surface area contributed by atoms with Crippen molar-refractivity contribution in [3.63, 3.8) is 0 Å². The van der Waals surface area contributed by atoms with E-state index < -0.39 is 25.9 Å². The second-order valence-electron chi connectivity index (χ2n) is 4.84. The summed E-state index contributed by atoms with van der Waals surface area (Å²) in [5.74, 6) is -0.182. The molecule has 0 aliphatic carbocycles. The van der Waals surface area contributed by atoms with Crippen molar-refractivity contribution in [2.24, 2.45) is 0 Å². The quantitative estimate of drug-likeness (QED) is 0.789. The van der Waals surface area contributed by atoms with Crippen molar-refractivity contribution in [1.29, 1.82) is 0 Å². The molecule has 0 spiro atoms. The second kappa shape index (κ2) is 5.18. The first-order valence-electron chi connectivity index (χ1n) is 5.89. The van der Waals surface area contributed by atoms with Gasteiger partial charge >= 0.3 is 0 Å². The van der Waals surface area contributed by atoms with Gasteiger partial charge in [-0.25, -0.2) is 21.6 Å². The number of hydrogen-bond acceptors (Lipinski definition) is 5. The molecule has 0 saturated carbocycles. The lowest BCUT2D eigenvalue weighted by molar-refractivity contribution is 0.562. The van der Waals surface area contributed by atoms with Crippen molar-refractivity contribution >= 4 is 37.1 Å². The molecule has 20 heavy (non-hydrogen) atoms. The van der Waals surface area contributed by atoms with Gasteiger partial charge in [-0.1, -0.05) is 11.6 Å². The van der Waals surface area contributed by atoms with Gasteiger partial charge < -0.3 is 5.73 Å². The number of nitrogens with one attached hydrogen (secondary N) is 1. The lowest BCUT2D eigenvalue weighted by atomic mass is 10.2. The third kappa shape index (κ3) is 3.25. The molecule has 1 saturated heterocycles. The second-order valence-corrected chi connectivity index (χ2v) is 9.19. The van der Waals surface area contributed by atoms with E-state index in [4.69, 9.17) is 17.3 Å². The lowest BCUT2D eigenvalue weighted by Crippen LogP contribution is -2.36. The van der Waals surface area contributed by atoms with E-state index in [2.05, 4.69) is 4.72 Å². The van der Waals surface area contributed by atoms with E-state index in [1.165, 1.54) is 12.1 Å². The molecule has 1 fully saturated rings. The fraction of sp³-hybridized carbons (Fsp3) is 0.455. The standard InChI is InChI=1S/C11H15ClN2O4S2/c1-7-10(13)4-8(12)5-11(7)20(17,18)14-9-2-3-19(15,16)6-9/h4-5,9,14H,2-3,6,13H2,1H3. The summed E-state index contributed by atoms with van der Waals surface area (Å²) in [6.45, 7) is 1.58. The van der Waals surface area contributed by atoms with Crippen LogP contribution in [0.25, 0.3) is 0 Å². The third-order valence-electron chi connectivity index (χ3n) is 3.21. The fourth-order valence-corrected chi connectivity index (χ4v) is 5.76. The van der Waals surface area contributed by atoms with Gasteiger partial charge in [0.25, 0.3) is 0 Å². The van der Waals surface area contributed by atoms with Gasteiger partial charge in [0.15, 0.2) is 9.84 Å². The summed E-state index contributed by atoms with van der Waals surface area (Å²) in [5.41, 5.74) is 6.36. The Labute approximate surface area is 123 Å². The molecule has 9 heteroatoms. The Kier molecular flexibility index (Phi) is 4.03. The van der Waals surface area contributed by atoms with Crippen molar-refractivity contribution < 1.29 is 16.8 Å². The molecular weight excluding hydrogens is 324 g/mol. The number of benzene rings is 1. The normalized spacial score (nSPS) is 22.0. The van der Waals surface area contributed by atoms with E-state index >= 15 is 0 Å². The molecule has 0 amide bonds. The highest BCUT2D eigenvalue weighted by atomic mass is 35.5. The predicted octanol–water partition coefficient (Wildman–Crippen LogP) is 0.696. The van der Waals surface area contributed by atoms with Crippen molar-refractivity contribution in [2.45, 2.75) is 24.3 Å². The number of hydrogen-bond donors (Lipinski definition) is 2. The van der Waals surface area contributed by atoms with Crippen molar-refractivity contribution in [1.82, 2.24) is 4.72 Å². The Bertz CT molecular complexity index is 744. The first-order chi connectivity index (χ1) is 9.11. The number of nitrogens with two attached hydrogens (primary N) is 1. The Morgan fingerprint density at radius 3 is 2.60 bits per heavy atom. The summed E-state index contributed by atoms with van der Waals surface area (Å²) in [6, 6.07) is 2.17. The zero-order valence-electron chi connectivity index (χ0n) is 10.8. The van der Waals surface area contributed by atoms with Crippen LogP contribution in [-0.2, 0) is 19.9 Å². The van der Waals surface area contributed by atoms with Gasteiger partial charge in [-0.05, 0) is 31.0 Å². The van der Waals surface area contributed by atoms with Crippen LogP contribution in [0.2, 0.25) is 5.02 Å². The summed E-state index contributed by atoms with van der Waals surface area (Å²) >= 11 is 5.82. The van der Waals surface area contributed by atoms with Crippen LogP contribution >= 0.6 is 11.6 Å². The Morgan fingerprint density at radius 2 is 2.05 bits per heavy atom. The maximum absolute atomic E-state index is 12.3. The van der Waals surface area contributed by atoms with Crippen LogP contribution in [0.1, 0.15) is 12.0 Å². The monoisotopic (exact) mass is 338 g/mol. The third-order valence-corrected chi connectivity index (χ3v) is 6.84. The smallest absolute Gasteiger partial charge is 0.241 e. The van der Waals surface area contributed by atoms with Crippen LogP contribution < -0.4 is 10.5 Å². The predicted molar refractivity (Wildman–Crippen MR) is 78.0 cm³/mol. The van der Waals surface area contributed by atoms with Crippen molar-refractivity contribution in [3.05, 3.63) is 22.7 Å². The zero-order chi connectivity index (χ0) is 15.1.